The molecule has 0 radical (unpaired) electrons. The number of anilines is 1. The second kappa shape index (κ2) is 5.50. The van der Waals surface area contributed by atoms with Crippen molar-refractivity contribution in [3.8, 4) is 0 Å². The van der Waals surface area contributed by atoms with Crippen LogP contribution in [0.3, 0.4) is 0 Å². The number of hydrogen-bond acceptors (Lipinski definition) is 5. The van der Waals surface area contributed by atoms with Crippen LogP contribution in [0.2, 0.25) is 5.28 Å². The second-order valence-electron chi connectivity index (χ2n) is 4.38. The zero-order chi connectivity index (χ0) is 13.9. The van der Waals surface area contributed by atoms with E-state index < -0.39 is 0 Å². The minimum atomic E-state index is 0.182. The van der Waals surface area contributed by atoms with E-state index in [1.165, 1.54) is 0 Å². The van der Waals surface area contributed by atoms with Crippen molar-refractivity contribution < 1.29 is 4.42 Å². The summed E-state index contributed by atoms with van der Waals surface area (Å²) in [6.07, 6.45) is 4.41. The van der Waals surface area contributed by atoms with E-state index in [0.29, 0.717) is 18.0 Å². The average Bonchev–Trinajstić information content (AvgIpc) is 3.06. The number of furan rings is 1. The number of nitrogens with zero attached hydrogens (tertiary/aromatic N) is 4. The van der Waals surface area contributed by atoms with E-state index in [2.05, 4.69) is 27.2 Å². The highest BCUT2D eigenvalue weighted by molar-refractivity contribution is 6.28. The van der Waals surface area contributed by atoms with Crippen molar-refractivity contribution in [2.24, 2.45) is 0 Å². The number of imidazole rings is 1. The van der Waals surface area contributed by atoms with Gasteiger partial charge in [-0.15, -0.1) is 0 Å². The Morgan fingerprint density at radius 2 is 2.30 bits per heavy atom. The van der Waals surface area contributed by atoms with Crippen LogP contribution >= 0.6 is 11.6 Å². The van der Waals surface area contributed by atoms with Gasteiger partial charge in [0.2, 0.25) is 5.28 Å². The minimum absolute atomic E-state index is 0.182. The largest absolute Gasteiger partial charge is 0.467 e. The number of aromatic nitrogens is 4. The van der Waals surface area contributed by atoms with Crippen molar-refractivity contribution in [3.05, 3.63) is 35.8 Å². The standard InChI is InChI=1S/C13H14ClN5O/c1-2-5-19-8-16-12-10(19)11(17-13(14)18-12)15-7-9-4-3-6-20-9/h3-4,6,8H,2,5,7H2,1H3,(H,15,17,18). The van der Waals surface area contributed by atoms with Gasteiger partial charge >= 0.3 is 0 Å². The molecule has 0 fully saturated rings. The molecule has 0 bridgehead atoms. The Labute approximate surface area is 120 Å². The molecule has 104 valence electrons. The smallest absolute Gasteiger partial charge is 0.226 e. The summed E-state index contributed by atoms with van der Waals surface area (Å²) in [7, 11) is 0. The van der Waals surface area contributed by atoms with Crippen LogP contribution < -0.4 is 5.32 Å². The van der Waals surface area contributed by atoms with Crippen LogP contribution in [-0.4, -0.2) is 19.5 Å². The van der Waals surface area contributed by atoms with Gasteiger partial charge in [0.1, 0.15) is 11.3 Å². The predicted octanol–water partition coefficient (Wildman–Crippen LogP) is 3.09. The van der Waals surface area contributed by atoms with Crippen molar-refractivity contribution >= 4 is 28.6 Å². The number of nitrogens with one attached hydrogen (secondary N) is 1. The molecule has 0 aliphatic heterocycles. The molecule has 0 aliphatic carbocycles. The molecule has 0 aromatic carbocycles. The van der Waals surface area contributed by atoms with Gasteiger partial charge < -0.3 is 14.3 Å². The lowest BCUT2D eigenvalue weighted by atomic mass is 10.4. The minimum Gasteiger partial charge on any atom is -0.467 e. The Balaban J connectivity index is 1.96. The van der Waals surface area contributed by atoms with E-state index in [0.717, 1.165) is 24.2 Å². The molecule has 7 heteroatoms. The van der Waals surface area contributed by atoms with Gasteiger partial charge in [-0.2, -0.15) is 9.97 Å². The number of fused-ring (bicyclic) bond motifs is 1. The Kier molecular flexibility index (Phi) is 3.56. The molecular weight excluding hydrogens is 278 g/mol. The Hall–Kier alpha value is -2.08. The lowest BCUT2D eigenvalue weighted by Crippen LogP contribution is -2.05. The third-order valence-corrected chi connectivity index (χ3v) is 3.09. The molecule has 6 nitrogen and oxygen atoms in total. The Bertz CT molecular complexity index is 707. The van der Waals surface area contributed by atoms with Crippen LogP contribution in [0, 0.1) is 0 Å². The van der Waals surface area contributed by atoms with Crippen molar-refractivity contribution in [1.82, 2.24) is 19.5 Å². The third kappa shape index (κ3) is 2.46. The molecule has 3 aromatic heterocycles. The number of aryl methyl sites for hydroxylation is 1. The van der Waals surface area contributed by atoms with Crippen LogP contribution in [-0.2, 0) is 13.1 Å². The predicted molar refractivity (Wildman–Crippen MR) is 76.7 cm³/mol. The second-order valence-corrected chi connectivity index (χ2v) is 4.72. The zero-order valence-corrected chi connectivity index (χ0v) is 11.8. The molecule has 3 heterocycles. The van der Waals surface area contributed by atoms with Crippen LogP contribution in [0.15, 0.2) is 29.1 Å². The molecule has 0 unspecified atom stereocenters. The summed E-state index contributed by atoms with van der Waals surface area (Å²) in [6.45, 7) is 3.50. The highest BCUT2D eigenvalue weighted by Gasteiger charge is 2.12. The van der Waals surface area contributed by atoms with Gasteiger partial charge in [0, 0.05) is 6.54 Å². The highest BCUT2D eigenvalue weighted by atomic mass is 35.5. The maximum Gasteiger partial charge on any atom is 0.226 e. The zero-order valence-electron chi connectivity index (χ0n) is 11.0. The van der Waals surface area contributed by atoms with Gasteiger partial charge in [0.05, 0.1) is 19.1 Å². The molecule has 3 aromatic rings. The highest BCUT2D eigenvalue weighted by Crippen LogP contribution is 2.22. The van der Waals surface area contributed by atoms with E-state index in [9.17, 15) is 0 Å². The van der Waals surface area contributed by atoms with E-state index >= 15 is 0 Å². The number of halogens is 1. The molecular formula is C13H14ClN5O. The fraction of sp³-hybridized carbons (Fsp3) is 0.308. The van der Waals surface area contributed by atoms with Crippen molar-refractivity contribution in [2.75, 3.05) is 5.32 Å². The molecule has 0 spiro atoms. The van der Waals surface area contributed by atoms with Crippen molar-refractivity contribution in [1.29, 1.82) is 0 Å². The summed E-state index contributed by atoms with van der Waals surface area (Å²) < 4.78 is 7.32. The Morgan fingerprint density at radius 3 is 3.05 bits per heavy atom. The van der Waals surface area contributed by atoms with Crippen LogP contribution in [0.5, 0.6) is 0 Å². The van der Waals surface area contributed by atoms with Crippen LogP contribution in [0.25, 0.3) is 11.2 Å². The first-order valence-corrected chi connectivity index (χ1v) is 6.80. The first kappa shape index (κ1) is 12.9. The number of hydrogen-bond donors (Lipinski definition) is 1. The molecule has 0 amide bonds. The van der Waals surface area contributed by atoms with Crippen LogP contribution in [0.1, 0.15) is 19.1 Å². The first-order valence-electron chi connectivity index (χ1n) is 6.42. The van der Waals surface area contributed by atoms with Crippen molar-refractivity contribution in [3.63, 3.8) is 0 Å². The van der Waals surface area contributed by atoms with Gasteiger partial charge in [0.15, 0.2) is 11.5 Å². The van der Waals surface area contributed by atoms with E-state index in [1.54, 1.807) is 12.6 Å². The average molecular weight is 292 g/mol. The van der Waals surface area contributed by atoms with Gasteiger partial charge in [-0.1, -0.05) is 6.92 Å². The quantitative estimate of drug-likeness (QED) is 0.732. The van der Waals surface area contributed by atoms with E-state index in [1.807, 2.05) is 16.7 Å². The first-order chi connectivity index (χ1) is 9.78. The van der Waals surface area contributed by atoms with Gasteiger partial charge in [-0.25, -0.2) is 4.98 Å². The SMILES string of the molecule is CCCn1cnc2nc(Cl)nc(NCc3ccco3)c21. The van der Waals surface area contributed by atoms with Gasteiger partial charge in [0.25, 0.3) is 0 Å². The fourth-order valence-electron chi connectivity index (χ4n) is 2.07. The van der Waals surface area contributed by atoms with Crippen LogP contribution in [0.4, 0.5) is 5.82 Å². The third-order valence-electron chi connectivity index (χ3n) is 2.92. The monoisotopic (exact) mass is 291 g/mol. The number of rotatable bonds is 5. The summed E-state index contributed by atoms with van der Waals surface area (Å²) in [5.41, 5.74) is 1.46. The maximum atomic E-state index is 5.94. The van der Waals surface area contributed by atoms with E-state index in [4.69, 9.17) is 16.0 Å². The fourth-order valence-corrected chi connectivity index (χ4v) is 2.24. The normalized spacial score (nSPS) is 11.1. The molecule has 0 saturated heterocycles. The topological polar surface area (TPSA) is 68.8 Å². The molecule has 3 rings (SSSR count). The van der Waals surface area contributed by atoms with E-state index in [-0.39, 0.29) is 5.28 Å². The van der Waals surface area contributed by atoms with Gasteiger partial charge in [-0.05, 0) is 30.2 Å². The molecule has 0 aliphatic rings. The summed E-state index contributed by atoms with van der Waals surface area (Å²) in [6, 6.07) is 3.75. The molecule has 1 N–H and O–H groups in total. The van der Waals surface area contributed by atoms with Crippen molar-refractivity contribution in [2.45, 2.75) is 26.4 Å². The summed E-state index contributed by atoms with van der Waals surface area (Å²) in [5, 5.41) is 3.41. The summed E-state index contributed by atoms with van der Waals surface area (Å²) in [5.74, 6) is 1.50. The molecule has 0 saturated carbocycles. The molecule has 0 atom stereocenters. The summed E-state index contributed by atoms with van der Waals surface area (Å²) >= 11 is 5.94. The van der Waals surface area contributed by atoms with Gasteiger partial charge in [-0.3, -0.25) is 0 Å². The summed E-state index contributed by atoms with van der Waals surface area (Å²) in [4.78, 5) is 12.7. The maximum absolute atomic E-state index is 5.94. The lowest BCUT2D eigenvalue weighted by Gasteiger charge is -2.08. The Morgan fingerprint density at radius 1 is 1.40 bits per heavy atom. The lowest BCUT2D eigenvalue weighted by molar-refractivity contribution is 0.518. The molecule has 20 heavy (non-hydrogen) atoms.